The van der Waals surface area contributed by atoms with Crippen LogP contribution in [0.3, 0.4) is 0 Å². The van der Waals surface area contributed by atoms with Crippen LogP contribution in [0.25, 0.3) is 0 Å². The molecular weight excluding hydrogens is 952 g/mol. The number of ether oxygens (including phenoxy) is 3. The molecule has 0 aliphatic carbocycles. The van der Waals surface area contributed by atoms with Gasteiger partial charge < -0.3 is 24.2 Å². The summed E-state index contributed by atoms with van der Waals surface area (Å²) in [5, 5.41) is 9.79. The Hall–Kier alpha value is -3.60. The highest BCUT2D eigenvalue weighted by Gasteiger charge is 2.28. The summed E-state index contributed by atoms with van der Waals surface area (Å²) < 4.78 is 39.4. The number of esters is 3. The van der Waals surface area contributed by atoms with E-state index in [4.69, 9.17) is 23.3 Å². The van der Waals surface area contributed by atoms with Crippen molar-refractivity contribution >= 4 is 25.7 Å². The number of hydrogen-bond acceptors (Lipinski definition) is 10. The fraction of sp³-hybridized carbons (Fsp3) is 0.694. The number of unbranched alkanes of at least 4 members (excludes halogenated alkanes) is 20. The van der Waals surface area contributed by atoms with E-state index in [-0.39, 0.29) is 25.9 Å². The molecule has 0 aliphatic rings. The maximum Gasteiger partial charge on any atom is 0.472 e. The minimum Gasteiger partial charge on any atom is -0.462 e. The molecule has 0 saturated carbocycles. The van der Waals surface area contributed by atoms with E-state index in [0.29, 0.717) is 19.3 Å². The number of phosphoric acid groups is 1. The predicted octanol–water partition coefficient (Wildman–Crippen LogP) is 17.3. The first-order chi connectivity index (χ1) is 36.2. The molecule has 0 bridgehead atoms. The van der Waals surface area contributed by atoms with Crippen molar-refractivity contribution in [2.75, 3.05) is 26.4 Å². The number of hydrogen-bond donors (Lipinski definition) is 2. The predicted molar refractivity (Wildman–Crippen MR) is 307 cm³/mol. The highest BCUT2D eigenvalue weighted by atomic mass is 31.2. The van der Waals surface area contributed by atoms with Gasteiger partial charge in [0.25, 0.3) is 0 Å². The normalized spacial score (nSPS) is 14.1. The lowest BCUT2D eigenvalue weighted by atomic mass is 10.1. The first kappa shape index (κ1) is 70.4. The first-order valence-corrected chi connectivity index (χ1v) is 30.6. The fourth-order valence-electron chi connectivity index (χ4n) is 7.61. The average molecular weight is 1060 g/mol. The molecule has 0 aromatic heterocycles. The van der Waals surface area contributed by atoms with Gasteiger partial charge in [-0.1, -0.05) is 214 Å². The van der Waals surface area contributed by atoms with Gasteiger partial charge in [0, 0.05) is 19.3 Å². The number of carbonyl (C=O) groups excluding carboxylic acids is 3. The van der Waals surface area contributed by atoms with Crippen molar-refractivity contribution in [1.82, 2.24) is 0 Å². The molecule has 74 heavy (non-hydrogen) atoms. The Bertz CT molecular complexity index is 1610. The average Bonchev–Trinajstić information content (AvgIpc) is 3.39. The van der Waals surface area contributed by atoms with Crippen LogP contribution in [0.2, 0.25) is 0 Å². The van der Waals surface area contributed by atoms with E-state index >= 15 is 0 Å². The standard InChI is InChI=1S/C62H105O11P/c1-4-7-10-13-16-19-22-25-27-28-29-30-32-34-36-39-42-45-48-51-60(64)69-55-59(73-62(66)53-50-47-44-41-38-35-31-26-23-20-17-14-11-8-5-2)57-71-74(67,68)70-56-58(54-63)72-61(65)52-49-46-43-40-37-33-24-21-18-15-12-9-6-3/h8-9,11-12,17-18,20-21,25-27,31,33,37,43,46,58-59,63H,4-7,10,13-16,19,22-24,28-30,32,34-36,38-42,44-45,47-57H2,1-3H3,(H,67,68)/b11-8-,12-9-,20-17-,21-18-,27-25-,31-26-,37-33-,46-43-. The molecule has 0 rings (SSSR count). The van der Waals surface area contributed by atoms with Gasteiger partial charge in [0.15, 0.2) is 6.10 Å². The van der Waals surface area contributed by atoms with Crippen molar-refractivity contribution in [3.05, 3.63) is 97.2 Å². The minimum absolute atomic E-state index is 0.0511. The van der Waals surface area contributed by atoms with Gasteiger partial charge in [-0.25, -0.2) is 4.57 Å². The third-order valence-corrected chi connectivity index (χ3v) is 12.9. The number of allylic oxidation sites excluding steroid dienone is 16. The van der Waals surface area contributed by atoms with Crippen LogP contribution < -0.4 is 0 Å². The molecule has 12 heteroatoms. The van der Waals surface area contributed by atoms with Gasteiger partial charge in [-0.15, -0.1) is 0 Å². The maximum absolute atomic E-state index is 12.9. The molecule has 11 nitrogen and oxygen atoms in total. The van der Waals surface area contributed by atoms with Crippen LogP contribution in [-0.4, -0.2) is 66.5 Å². The lowest BCUT2D eigenvalue weighted by molar-refractivity contribution is -0.161. The van der Waals surface area contributed by atoms with Crippen LogP contribution in [0.15, 0.2) is 97.2 Å². The van der Waals surface area contributed by atoms with E-state index in [0.717, 1.165) is 96.3 Å². The lowest BCUT2D eigenvalue weighted by Crippen LogP contribution is -2.30. The van der Waals surface area contributed by atoms with Crippen molar-refractivity contribution in [3.8, 4) is 0 Å². The van der Waals surface area contributed by atoms with Crippen molar-refractivity contribution < 1.29 is 52.2 Å². The smallest absolute Gasteiger partial charge is 0.462 e. The lowest BCUT2D eigenvalue weighted by Gasteiger charge is -2.21. The van der Waals surface area contributed by atoms with Crippen LogP contribution in [-0.2, 0) is 42.2 Å². The Morgan fingerprint density at radius 1 is 0.392 bits per heavy atom. The highest BCUT2D eigenvalue weighted by Crippen LogP contribution is 2.43. The number of aliphatic hydroxyl groups excluding tert-OH is 1. The van der Waals surface area contributed by atoms with Crippen LogP contribution in [0.4, 0.5) is 0 Å². The molecule has 424 valence electrons. The minimum atomic E-state index is -4.77. The highest BCUT2D eigenvalue weighted by molar-refractivity contribution is 7.47. The zero-order valence-corrected chi connectivity index (χ0v) is 47.7. The summed E-state index contributed by atoms with van der Waals surface area (Å²) in [4.78, 5) is 48.5. The molecule has 3 unspecified atom stereocenters. The van der Waals surface area contributed by atoms with E-state index in [1.807, 2.05) is 12.2 Å². The SMILES string of the molecule is CC/C=C\C/C=C\C/C=C\C/C=C\CCC(=O)OC(CO)COP(=O)(O)OCC(COC(=O)CCCCCCCCCCC/C=C\CCCCCCCC)OC(=O)CCCCCCC/C=C\C/C=C\C/C=C\CC. The van der Waals surface area contributed by atoms with E-state index in [1.165, 1.54) is 83.5 Å². The van der Waals surface area contributed by atoms with Gasteiger partial charge in [-0.3, -0.25) is 23.4 Å². The summed E-state index contributed by atoms with van der Waals surface area (Å²) >= 11 is 0. The zero-order valence-electron chi connectivity index (χ0n) is 46.8. The van der Waals surface area contributed by atoms with Crippen LogP contribution in [0.5, 0.6) is 0 Å². The summed E-state index contributed by atoms with van der Waals surface area (Å²) in [6, 6.07) is 0. The van der Waals surface area contributed by atoms with Gasteiger partial charge in [0.1, 0.15) is 12.7 Å². The molecule has 3 atom stereocenters. The Balaban J connectivity index is 4.78. The zero-order chi connectivity index (χ0) is 54.1. The molecule has 0 fully saturated rings. The second kappa shape index (κ2) is 55.6. The van der Waals surface area contributed by atoms with E-state index < -0.39 is 57.8 Å². The summed E-state index contributed by atoms with van der Waals surface area (Å²) in [5.41, 5.74) is 0. The third-order valence-electron chi connectivity index (χ3n) is 12.0. The molecule has 0 spiro atoms. The van der Waals surface area contributed by atoms with E-state index in [9.17, 15) is 28.9 Å². The molecule has 0 saturated heterocycles. The largest absolute Gasteiger partial charge is 0.472 e. The van der Waals surface area contributed by atoms with Gasteiger partial charge in [0.05, 0.1) is 19.8 Å². The second-order valence-corrected chi connectivity index (χ2v) is 20.5. The fourth-order valence-corrected chi connectivity index (χ4v) is 8.40. The number of carbonyl (C=O) groups is 3. The number of rotatable bonds is 53. The maximum atomic E-state index is 12.9. The van der Waals surface area contributed by atoms with Crippen LogP contribution in [0.1, 0.15) is 239 Å². The number of aliphatic hydroxyl groups is 1. The van der Waals surface area contributed by atoms with Crippen molar-refractivity contribution in [1.29, 1.82) is 0 Å². The molecule has 0 aromatic rings. The Kier molecular flexibility index (Phi) is 52.9. The molecule has 0 aliphatic heterocycles. The van der Waals surface area contributed by atoms with Gasteiger partial charge in [0.2, 0.25) is 0 Å². The molecule has 0 amide bonds. The van der Waals surface area contributed by atoms with Crippen molar-refractivity contribution in [2.24, 2.45) is 0 Å². The van der Waals surface area contributed by atoms with E-state index in [1.54, 1.807) is 0 Å². The van der Waals surface area contributed by atoms with Gasteiger partial charge in [-0.2, -0.15) is 0 Å². The van der Waals surface area contributed by atoms with E-state index in [2.05, 4.69) is 106 Å². The Morgan fingerprint density at radius 3 is 1.18 bits per heavy atom. The van der Waals surface area contributed by atoms with Crippen molar-refractivity contribution in [2.45, 2.75) is 251 Å². The molecular formula is C62H105O11P. The van der Waals surface area contributed by atoms with Crippen molar-refractivity contribution in [3.63, 3.8) is 0 Å². The summed E-state index contributed by atoms with van der Waals surface area (Å²) in [5.74, 6) is -1.58. The monoisotopic (exact) mass is 1060 g/mol. The Morgan fingerprint density at radius 2 is 0.730 bits per heavy atom. The molecule has 0 aromatic carbocycles. The van der Waals surface area contributed by atoms with Crippen LogP contribution in [0, 0.1) is 0 Å². The first-order valence-electron chi connectivity index (χ1n) is 29.1. The molecule has 2 N–H and O–H groups in total. The summed E-state index contributed by atoms with van der Waals surface area (Å²) in [7, 11) is -4.77. The van der Waals surface area contributed by atoms with Gasteiger partial charge >= 0.3 is 25.7 Å². The van der Waals surface area contributed by atoms with Crippen LogP contribution >= 0.6 is 7.82 Å². The van der Waals surface area contributed by atoms with Gasteiger partial charge in [-0.05, 0) is 103 Å². The topological polar surface area (TPSA) is 155 Å². The molecule has 0 radical (unpaired) electrons. The summed E-state index contributed by atoms with van der Waals surface area (Å²) in [6.45, 7) is 4.31. The Labute approximate surface area is 451 Å². The quantitative estimate of drug-likeness (QED) is 0.0197. The molecule has 0 heterocycles. The third kappa shape index (κ3) is 53.2. The number of phosphoric ester groups is 1. The summed E-state index contributed by atoms with van der Waals surface area (Å²) in [6.07, 6.45) is 65.3. The second-order valence-electron chi connectivity index (χ2n) is 19.0.